The summed E-state index contributed by atoms with van der Waals surface area (Å²) in [6, 6.07) is 0.463. The first kappa shape index (κ1) is 9.96. The van der Waals surface area contributed by atoms with Gasteiger partial charge >= 0.3 is 0 Å². The van der Waals surface area contributed by atoms with Gasteiger partial charge in [0.05, 0.1) is 12.2 Å². The smallest absolute Gasteiger partial charge is 0.0925 e. The number of nitrogens with zero attached hydrogens (tertiary/aromatic N) is 1. The van der Waals surface area contributed by atoms with E-state index < -0.39 is 12.2 Å². The molecule has 1 aliphatic rings. The first-order valence-electron chi connectivity index (χ1n) is 4.71. The van der Waals surface area contributed by atoms with Gasteiger partial charge in [-0.15, -0.1) is 0 Å². The van der Waals surface area contributed by atoms with Gasteiger partial charge in [-0.3, -0.25) is 4.90 Å². The van der Waals surface area contributed by atoms with Crippen LogP contribution in [0.3, 0.4) is 0 Å². The number of aliphatic hydroxyl groups excluding tert-OH is 2. The van der Waals surface area contributed by atoms with Crippen LogP contribution in [0.4, 0.5) is 0 Å². The Labute approximate surface area is 74.0 Å². The Morgan fingerprint density at radius 3 is 2.50 bits per heavy atom. The van der Waals surface area contributed by atoms with E-state index in [2.05, 4.69) is 18.7 Å². The van der Waals surface area contributed by atoms with Gasteiger partial charge in [-0.1, -0.05) is 0 Å². The number of aliphatic hydroxyl groups is 2. The fourth-order valence-electron chi connectivity index (χ4n) is 1.62. The quantitative estimate of drug-likeness (QED) is 0.596. The molecule has 0 amide bonds. The van der Waals surface area contributed by atoms with Crippen LogP contribution in [-0.4, -0.2) is 46.5 Å². The van der Waals surface area contributed by atoms with Crippen molar-refractivity contribution < 1.29 is 10.2 Å². The maximum atomic E-state index is 9.49. The van der Waals surface area contributed by atoms with Gasteiger partial charge in [-0.2, -0.15) is 0 Å². The van der Waals surface area contributed by atoms with Crippen LogP contribution in [0, 0.1) is 0 Å². The lowest BCUT2D eigenvalue weighted by atomic mass is 10.1. The van der Waals surface area contributed by atoms with E-state index in [1.165, 1.54) is 0 Å². The number of rotatable bonds is 1. The Kier molecular flexibility index (Phi) is 3.50. The molecule has 1 saturated heterocycles. The van der Waals surface area contributed by atoms with E-state index in [1.807, 2.05) is 0 Å². The van der Waals surface area contributed by atoms with Crippen molar-refractivity contribution in [3.05, 3.63) is 0 Å². The predicted molar refractivity (Wildman–Crippen MR) is 48.0 cm³/mol. The Hall–Kier alpha value is -0.120. The second-order valence-electron chi connectivity index (χ2n) is 3.87. The van der Waals surface area contributed by atoms with Gasteiger partial charge in [-0.05, 0) is 33.2 Å². The Morgan fingerprint density at radius 2 is 1.92 bits per heavy atom. The fraction of sp³-hybridized carbons (Fsp3) is 1.00. The molecule has 0 radical (unpaired) electrons. The van der Waals surface area contributed by atoms with Crippen LogP contribution in [0.2, 0.25) is 0 Å². The molecule has 0 aromatic rings. The van der Waals surface area contributed by atoms with Crippen LogP contribution in [-0.2, 0) is 0 Å². The molecule has 0 saturated carbocycles. The van der Waals surface area contributed by atoms with Crippen LogP contribution in [0.15, 0.2) is 0 Å². The minimum absolute atomic E-state index is 0.463. The predicted octanol–water partition coefficient (Wildman–Crippen LogP) is 0.212. The topological polar surface area (TPSA) is 43.7 Å². The average molecular weight is 173 g/mol. The lowest BCUT2D eigenvalue weighted by molar-refractivity contribution is 0.00500. The third kappa shape index (κ3) is 2.44. The largest absolute Gasteiger partial charge is 0.390 e. The molecule has 0 aromatic carbocycles. The maximum absolute atomic E-state index is 9.49. The monoisotopic (exact) mass is 173 g/mol. The van der Waals surface area contributed by atoms with Gasteiger partial charge in [0, 0.05) is 12.6 Å². The third-order valence-corrected chi connectivity index (χ3v) is 2.54. The van der Waals surface area contributed by atoms with E-state index >= 15 is 0 Å². The van der Waals surface area contributed by atoms with Crippen molar-refractivity contribution in [2.45, 2.75) is 44.9 Å². The number of hydrogen-bond acceptors (Lipinski definition) is 3. The van der Waals surface area contributed by atoms with E-state index in [1.54, 1.807) is 0 Å². The van der Waals surface area contributed by atoms with Gasteiger partial charge in [0.25, 0.3) is 0 Å². The highest BCUT2D eigenvalue weighted by Crippen LogP contribution is 2.13. The van der Waals surface area contributed by atoms with Crippen LogP contribution in [0.25, 0.3) is 0 Å². The highest BCUT2D eigenvalue weighted by Gasteiger charge is 2.24. The summed E-state index contributed by atoms with van der Waals surface area (Å²) in [6.07, 6.45) is 0.629. The zero-order valence-corrected chi connectivity index (χ0v) is 7.90. The van der Waals surface area contributed by atoms with E-state index in [0.717, 1.165) is 19.4 Å². The Balaban J connectivity index is 2.48. The van der Waals surface area contributed by atoms with Gasteiger partial charge in [0.15, 0.2) is 0 Å². The Bertz CT molecular complexity index is 138. The highest BCUT2D eigenvalue weighted by atomic mass is 16.3. The summed E-state index contributed by atoms with van der Waals surface area (Å²) in [4.78, 5) is 2.21. The molecule has 2 atom stereocenters. The molecule has 1 fully saturated rings. The molecule has 3 nitrogen and oxygen atoms in total. The van der Waals surface area contributed by atoms with Crippen molar-refractivity contribution in [2.75, 3.05) is 13.1 Å². The summed E-state index contributed by atoms with van der Waals surface area (Å²) in [5.41, 5.74) is 0. The number of β-amino-alcohol motifs (C(OH)–C–C–N with tert-alkyl or cyclic N) is 1. The molecule has 3 heteroatoms. The molecule has 0 aromatic heterocycles. The molecule has 1 rings (SSSR count). The highest BCUT2D eigenvalue weighted by molar-refractivity contribution is 4.78. The summed E-state index contributed by atoms with van der Waals surface area (Å²) in [6.45, 7) is 5.83. The van der Waals surface area contributed by atoms with E-state index in [0.29, 0.717) is 12.6 Å². The van der Waals surface area contributed by atoms with E-state index in [4.69, 9.17) is 0 Å². The molecule has 0 bridgehead atoms. The molecular formula is C9H19NO2. The summed E-state index contributed by atoms with van der Waals surface area (Å²) in [5, 5.41) is 18.9. The zero-order chi connectivity index (χ0) is 9.14. The van der Waals surface area contributed by atoms with Crippen molar-refractivity contribution >= 4 is 0 Å². The first-order valence-corrected chi connectivity index (χ1v) is 4.71. The minimum atomic E-state index is -0.560. The lowest BCUT2D eigenvalue weighted by Crippen LogP contribution is -2.39. The van der Waals surface area contributed by atoms with E-state index in [-0.39, 0.29) is 0 Å². The lowest BCUT2D eigenvalue weighted by Gasteiger charge is -2.26. The minimum Gasteiger partial charge on any atom is -0.390 e. The zero-order valence-electron chi connectivity index (χ0n) is 7.90. The van der Waals surface area contributed by atoms with Crippen LogP contribution in [0.1, 0.15) is 26.7 Å². The first-order chi connectivity index (χ1) is 5.61. The number of hydrogen-bond donors (Lipinski definition) is 2. The summed E-state index contributed by atoms with van der Waals surface area (Å²) >= 11 is 0. The van der Waals surface area contributed by atoms with Crippen LogP contribution < -0.4 is 0 Å². The summed E-state index contributed by atoms with van der Waals surface area (Å²) in [5.74, 6) is 0. The van der Waals surface area contributed by atoms with Crippen LogP contribution in [0.5, 0.6) is 0 Å². The molecule has 72 valence electrons. The van der Waals surface area contributed by atoms with Gasteiger partial charge in [0.2, 0.25) is 0 Å². The third-order valence-electron chi connectivity index (χ3n) is 2.54. The van der Waals surface area contributed by atoms with Gasteiger partial charge in [-0.25, -0.2) is 0 Å². The standard InChI is InChI=1S/C9H19NO2/c1-7(2)10-5-3-4-8(11)9(12)6-10/h7-9,11-12H,3-6H2,1-2H3/t8-,9+/m0/s1. The van der Waals surface area contributed by atoms with Crippen molar-refractivity contribution in [1.29, 1.82) is 0 Å². The van der Waals surface area contributed by atoms with Crippen molar-refractivity contribution in [3.63, 3.8) is 0 Å². The van der Waals surface area contributed by atoms with Crippen molar-refractivity contribution in [3.8, 4) is 0 Å². The molecule has 12 heavy (non-hydrogen) atoms. The molecule has 1 aliphatic heterocycles. The molecule has 0 spiro atoms. The SMILES string of the molecule is CC(C)N1CCC[C@H](O)[C@H](O)C1. The van der Waals surface area contributed by atoms with E-state index in [9.17, 15) is 10.2 Å². The van der Waals surface area contributed by atoms with Crippen LogP contribution >= 0.6 is 0 Å². The maximum Gasteiger partial charge on any atom is 0.0925 e. The molecule has 0 aliphatic carbocycles. The molecule has 2 N–H and O–H groups in total. The normalized spacial score (nSPS) is 33.8. The molecule has 1 heterocycles. The average Bonchev–Trinajstić information content (AvgIpc) is 2.15. The fourth-order valence-corrected chi connectivity index (χ4v) is 1.62. The second kappa shape index (κ2) is 4.21. The molecule has 0 unspecified atom stereocenters. The van der Waals surface area contributed by atoms with Crippen molar-refractivity contribution in [1.82, 2.24) is 4.90 Å². The van der Waals surface area contributed by atoms with Crippen molar-refractivity contribution in [2.24, 2.45) is 0 Å². The Morgan fingerprint density at radius 1 is 1.25 bits per heavy atom. The second-order valence-corrected chi connectivity index (χ2v) is 3.87. The summed E-state index contributed by atoms with van der Waals surface area (Å²) < 4.78 is 0. The van der Waals surface area contributed by atoms with Gasteiger partial charge in [0.1, 0.15) is 0 Å². The summed E-state index contributed by atoms with van der Waals surface area (Å²) in [7, 11) is 0. The van der Waals surface area contributed by atoms with Gasteiger partial charge < -0.3 is 10.2 Å². The molecular weight excluding hydrogens is 154 g/mol. The number of likely N-dealkylation sites (tertiary alicyclic amines) is 1.